The molecule has 1 aromatic heterocycles. The van der Waals surface area contributed by atoms with E-state index in [-0.39, 0.29) is 0 Å². The molecular weight excluding hydrogens is 178 g/mol. The summed E-state index contributed by atoms with van der Waals surface area (Å²) >= 11 is 1.32. The molecule has 5 heteroatoms. The molecule has 0 bridgehead atoms. The summed E-state index contributed by atoms with van der Waals surface area (Å²) in [6.45, 7) is 0. The van der Waals surface area contributed by atoms with E-state index >= 15 is 0 Å². The standard InChI is InChI=1S/C7H7NO3S/c9-7(10)5(4-8-11)6-2-1-3-12-6/h1-5,11H,(H,9,10)/b8-4-. The lowest BCUT2D eigenvalue weighted by atomic mass is 10.1. The molecule has 0 aliphatic carbocycles. The molecule has 1 atom stereocenters. The maximum absolute atomic E-state index is 10.6. The number of aliphatic carboxylic acids is 1. The van der Waals surface area contributed by atoms with E-state index < -0.39 is 11.9 Å². The lowest BCUT2D eigenvalue weighted by Crippen LogP contribution is -2.11. The van der Waals surface area contributed by atoms with Gasteiger partial charge >= 0.3 is 5.97 Å². The minimum absolute atomic E-state index is 0.653. The number of hydrogen-bond donors (Lipinski definition) is 2. The minimum atomic E-state index is -1.02. The quantitative estimate of drug-likeness (QED) is 0.424. The van der Waals surface area contributed by atoms with Crippen LogP contribution in [0.3, 0.4) is 0 Å². The normalized spacial score (nSPS) is 13.3. The molecule has 4 nitrogen and oxygen atoms in total. The molecule has 0 amide bonds. The molecule has 0 radical (unpaired) electrons. The Morgan fingerprint density at radius 2 is 2.50 bits per heavy atom. The molecule has 1 unspecified atom stereocenters. The van der Waals surface area contributed by atoms with Crippen molar-refractivity contribution in [2.24, 2.45) is 5.16 Å². The van der Waals surface area contributed by atoms with Crippen LogP contribution in [-0.4, -0.2) is 22.5 Å². The van der Waals surface area contributed by atoms with Crippen LogP contribution in [0.15, 0.2) is 22.7 Å². The zero-order chi connectivity index (χ0) is 8.97. The van der Waals surface area contributed by atoms with Gasteiger partial charge in [0.2, 0.25) is 0 Å². The molecule has 0 fully saturated rings. The molecule has 1 aromatic rings. The highest BCUT2D eigenvalue weighted by atomic mass is 32.1. The zero-order valence-corrected chi connectivity index (χ0v) is 6.86. The van der Waals surface area contributed by atoms with Crippen molar-refractivity contribution in [1.29, 1.82) is 0 Å². The van der Waals surface area contributed by atoms with Crippen LogP contribution in [-0.2, 0) is 4.79 Å². The molecule has 0 saturated heterocycles. The van der Waals surface area contributed by atoms with Gasteiger partial charge in [0.05, 0.1) is 6.21 Å². The molecular formula is C7H7NO3S. The average molecular weight is 185 g/mol. The molecule has 0 aliphatic rings. The highest BCUT2D eigenvalue weighted by Crippen LogP contribution is 2.19. The van der Waals surface area contributed by atoms with Crippen molar-refractivity contribution in [3.05, 3.63) is 22.4 Å². The van der Waals surface area contributed by atoms with Gasteiger partial charge in [-0.15, -0.1) is 16.5 Å². The van der Waals surface area contributed by atoms with E-state index in [1.807, 2.05) is 0 Å². The topological polar surface area (TPSA) is 69.9 Å². The summed E-state index contributed by atoms with van der Waals surface area (Å²) in [6.07, 6.45) is 0.994. The number of carboxylic acids is 1. The first kappa shape index (κ1) is 8.73. The summed E-state index contributed by atoms with van der Waals surface area (Å²) in [5.74, 6) is -1.86. The van der Waals surface area contributed by atoms with Gasteiger partial charge in [0.1, 0.15) is 5.92 Å². The summed E-state index contributed by atoms with van der Waals surface area (Å²) in [5.41, 5.74) is 0. The van der Waals surface area contributed by atoms with E-state index in [1.54, 1.807) is 17.5 Å². The molecule has 0 spiro atoms. The van der Waals surface area contributed by atoms with Crippen LogP contribution in [0.1, 0.15) is 10.8 Å². The molecule has 0 aliphatic heterocycles. The summed E-state index contributed by atoms with van der Waals surface area (Å²) in [4.78, 5) is 11.2. The van der Waals surface area contributed by atoms with Gasteiger partial charge in [-0.2, -0.15) is 0 Å². The highest BCUT2D eigenvalue weighted by Gasteiger charge is 2.18. The number of hydrogen-bond acceptors (Lipinski definition) is 4. The molecule has 2 N–H and O–H groups in total. The lowest BCUT2D eigenvalue weighted by molar-refractivity contribution is -0.136. The second-order valence-electron chi connectivity index (χ2n) is 2.10. The van der Waals surface area contributed by atoms with E-state index in [0.29, 0.717) is 4.88 Å². The van der Waals surface area contributed by atoms with Crippen molar-refractivity contribution in [1.82, 2.24) is 0 Å². The van der Waals surface area contributed by atoms with Gasteiger partial charge < -0.3 is 10.3 Å². The van der Waals surface area contributed by atoms with Crippen LogP contribution in [0.4, 0.5) is 0 Å². The Bertz CT molecular complexity index is 281. The third-order valence-corrected chi connectivity index (χ3v) is 2.29. The van der Waals surface area contributed by atoms with Gasteiger partial charge in [0.15, 0.2) is 0 Å². The van der Waals surface area contributed by atoms with Crippen molar-refractivity contribution in [2.75, 3.05) is 0 Å². The molecule has 0 aromatic carbocycles. The van der Waals surface area contributed by atoms with Crippen molar-refractivity contribution in [3.8, 4) is 0 Å². The van der Waals surface area contributed by atoms with Gasteiger partial charge in [-0.3, -0.25) is 4.79 Å². The average Bonchev–Trinajstić information content (AvgIpc) is 2.51. The van der Waals surface area contributed by atoms with Gasteiger partial charge in [0, 0.05) is 4.88 Å². The summed E-state index contributed by atoms with van der Waals surface area (Å²) in [6, 6.07) is 3.44. The van der Waals surface area contributed by atoms with E-state index in [1.165, 1.54) is 11.3 Å². The fourth-order valence-electron chi connectivity index (χ4n) is 0.794. The maximum atomic E-state index is 10.6. The van der Waals surface area contributed by atoms with Crippen LogP contribution in [0.25, 0.3) is 0 Å². The zero-order valence-electron chi connectivity index (χ0n) is 6.04. The Labute approximate surface area is 72.8 Å². The van der Waals surface area contributed by atoms with Gasteiger partial charge in [-0.1, -0.05) is 6.07 Å². The first-order valence-electron chi connectivity index (χ1n) is 3.19. The summed E-state index contributed by atoms with van der Waals surface area (Å²) < 4.78 is 0. The van der Waals surface area contributed by atoms with Gasteiger partial charge in [-0.25, -0.2) is 0 Å². The Hall–Kier alpha value is -1.36. The van der Waals surface area contributed by atoms with Gasteiger partial charge in [-0.05, 0) is 11.4 Å². The number of thiophene rings is 1. The van der Waals surface area contributed by atoms with Crippen LogP contribution in [0, 0.1) is 0 Å². The monoisotopic (exact) mass is 185 g/mol. The maximum Gasteiger partial charge on any atom is 0.317 e. The lowest BCUT2D eigenvalue weighted by Gasteiger charge is -2.00. The number of carbonyl (C=O) groups is 1. The fraction of sp³-hybridized carbons (Fsp3) is 0.143. The van der Waals surface area contributed by atoms with E-state index in [0.717, 1.165) is 6.21 Å². The van der Waals surface area contributed by atoms with E-state index in [9.17, 15) is 4.79 Å². The third kappa shape index (κ3) is 1.82. The first-order chi connectivity index (χ1) is 5.75. The smallest absolute Gasteiger partial charge is 0.317 e. The summed E-state index contributed by atoms with van der Waals surface area (Å²) in [7, 11) is 0. The van der Waals surface area contributed by atoms with Crippen molar-refractivity contribution in [2.45, 2.75) is 5.92 Å². The van der Waals surface area contributed by atoms with Crippen molar-refractivity contribution in [3.63, 3.8) is 0 Å². The van der Waals surface area contributed by atoms with E-state index in [4.69, 9.17) is 10.3 Å². The van der Waals surface area contributed by atoms with Gasteiger partial charge in [0.25, 0.3) is 0 Å². The SMILES string of the molecule is O=C(O)C(/C=N\O)c1cccs1. The summed E-state index contributed by atoms with van der Waals surface area (Å²) in [5, 5.41) is 21.4. The molecule has 64 valence electrons. The van der Waals surface area contributed by atoms with Crippen LogP contribution < -0.4 is 0 Å². The molecule has 0 saturated carbocycles. The molecule has 1 heterocycles. The van der Waals surface area contributed by atoms with Crippen LogP contribution in [0.2, 0.25) is 0 Å². The van der Waals surface area contributed by atoms with Crippen LogP contribution >= 0.6 is 11.3 Å². The number of carboxylic acid groups (broad SMARTS) is 1. The molecule has 12 heavy (non-hydrogen) atoms. The minimum Gasteiger partial charge on any atom is -0.480 e. The number of rotatable bonds is 3. The number of nitrogens with zero attached hydrogens (tertiary/aromatic N) is 1. The van der Waals surface area contributed by atoms with Crippen LogP contribution in [0.5, 0.6) is 0 Å². The Balaban J connectivity index is 2.88. The number of oxime groups is 1. The predicted octanol–water partition coefficient (Wildman–Crippen LogP) is 1.38. The second kappa shape index (κ2) is 3.87. The van der Waals surface area contributed by atoms with Crippen molar-refractivity contribution >= 4 is 23.5 Å². The Kier molecular flexibility index (Phi) is 2.82. The largest absolute Gasteiger partial charge is 0.480 e. The second-order valence-corrected chi connectivity index (χ2v) is 3.08. The first-order valence-corrected chi connectivity index (χ1v) is 4.07. The van der Waals surface area contributed by atoms with E-state index in [2.05, 4.69) is 5.16 Å². The third-order valence-electron chi connectivity index (χ3n) is 1.33. The highest BCUT2D eigenvalue weighted by molar-refractivity contribution is 7.10. The molecule has 1 rings (SSSR count). The Morgan fingerprint density at radius 1 is 1.75 bits per heavy atom. The predicted molar refractivity (Wildman–Crippen MR) is 45.0 cm³/mol. The van der Waals surface area contributed by atoms with Crippen molar-refractivity contribution < 1.29 is 15.1 Å². The fourth-order valence-corrected chi connectivity index (χ4v) is 1.57. The Morgan fingerprint density at radius 3 is 2.92 bits per heavy atom.